The molecule has 0 aliphatic carbocycles. The maximum Gasteiger partial charge on any atom is 0.259 e. The van der Waals surface area contributed by atoms with E-state index in [-0.39, 0.29) is 29.5 Å². The summed E-state index contributed by atoms with van der Waals surface area (Å²) in [6, 6.07) is 10.4. The number of sulfonamides is 1. The molecule has 0 N–H and O–H groups in total. The number of hydrogen-bond donors (Lipinski definition) is 0. The molecule has 0 aliphatic rings. The lowest BCUT2D eigenvalue weighted by Crippen LogP contribution is -2.28. The zero-order valence-electron chi connectivity index (χ0n) is 24.1. The van der Waals surface area contributed by atoms with Crippen LogP contribution in [0.15, 0.2) is 59.7 Å². The lowest BCUT2D eigenvalue weighted by atomic mass is 10.0. The molecule has 0 aliphatic heterocycles. The van der Waals surface area contributed by atoms with Crippen molar-refractivity contribution in [2.24, 2.45) is 7.05 Å². The van der Waals surface area contributed by atoms with Gasteiger partial charge in [0.05, 0.1) is 22.3 Å². The molecule has 12 heteroatoms. The number of anilines is 1. The van der Waals surface area contributed by atoms with Gasteiger partial charge in [-0.15, -0.1) is 0 Å². The van der Waals surface area contributed by atoms with Crippen molar-refractivity contribution in [3.8, 4) is 22.6 Å². The minimum atomic E-state index is -3.60. The molecule has 2 heterocycles. The maximum atomic E-state index is 14.6. The maximum absolute atomic E-state index is 14.6. The van der Waals surface area contributed by atoms with Crippen molar-refractivity contribution in [3.05, 3.63) is 76.8 Å². The minimum absolute atomic E-state index is 0.112. The largest absolute Gasteiger partial charge is 0.454 e. The normalized spacial score (nSPS) is 12.2. The van der Waals surface area contributed by atoms with Gasteiger partial charge in [0, 0.05) is 58.4 Å². The highest BCUT2D eigenvalue weighted by Gasteiger charge is 2.22. The highest BCUT2D eigenvalue weighted by atomic mass is 32.2. The molecule has 0 saturated heterocycles. The van der Waals surface area contributed by atoms with E-state index in [0.29, 0.717) is 34.3 Å². The summed E-state index contributed by atoms with van der Waals surface area (Å²) in [6.45, 7) is 9.10. The van der Waals surface area contributed by atoms with Gasteiger partial charge in [-0.1, -0.05) is 19.6 Å². The molecule has 4 aromatic rings. The van der Waals surface area contributed by atoms with E-state index in [0.717, 1.165) is 22.5 Å². The van der Waals surface area contributed by atoms with Crippen molar-refractivity contribution in [2.75, 3.05) is 23.7 Å². The molecular weight excluding hydrogens is 568 g/mol. The Bertz CT molecular complexity index is 1750. The summed E-state index contributed by atoms with van der Waals surface area (Å²) in [7, 11) is -1.85. The first kappa shape index (κ1) is 30.5. The third-order valence-corrected chi connectivity index (χ3v) is 10.3. The van der Waals surface area contributed by atoms with E-state index >= 15 is 0 Å². The third kappa shape index (κ3) is 6.71. The molecule has 2 aromatic heterocycles. The number of nitrogens with zero attached hydrogens (tertiary/aromatic N) is 3. The number of aromatic nitrogens is 2. The monoisotopic (exact) mass is 603 g/mol. The Morgan fingerprint density at radius 2 is 1.71 bits per heavy atom. The van der Waals surface area contributed by atoms with Crippen molar-refractivity contribution in [1.29, 1.82) is 0 Å². The average Bonchev–Trinajstić information content (AvgIpc) is 3.34. The lowest BCUT2D eigenvalue weighted by Gasteiger charge is -2.22. The van der Waals surface area contributed by atoms with Gasteiger partial charge < -0.3 is 18.6 Å². The number of hydrogen-bond acceptors (Lipinski definition) is 5. The van der Waals surface area contributed by atoms with Gasteiger partial charge in [-0.3, -0.25) is 9.10 Å². The van der Waals surface area contributed by atoms with Crippen molar-refractivity contribution < 1.29 is 26.7 Å². The summed E-state index contributed by atoms with van der Waals surface area (Å²) >= 11 is 0. The Morgan fingerprint density at radius 3 is 2.37 bits per heavy atom. The van der Waals surface area contributed by atoms with Gasteiger partial charge in [0.25, 0.3) is 5.56 Å². The summed E-state index contributed by atoms with van der Waals surface area (Å²) in [5.74, 6) is -1.77. The van der Waals surface area contributed by atoms with Gasteiger partial charge >= 0.3 is 0 Å². The van der Waals surface area contributed by atoms with Crippen LogP contribution in [0.4, 0.5) is 14.5 Å². The summed E-state index contributed by atoms with van der Waals surface area (Å²) in [5, 5.41) is 0.428. The second kappa shape index (κ2) is 11.8. The number of pyridine rings is 1. The SMILES string of the molecule is CCS(=O)(=O)N(C)c1ccc(Oc2ccc(F)cc2F)c(-c2cn(C)c(=O)c3ccn(COCC[Si](C)(C)C)c23)c1. The van der Waals surface area contributed by atoms with E-state index in [1.165, 1.54) is 23.7 Å². The molecule has 4 rings (SSSR count). The second-order valence-corrected chi connectivity index (χ2v) is 19.0. The highest BCUT2D eigenvalue weighted by molar-refractivity contribution is 7.92. The first-order chi connectivity index (χ1) is 19.2. The summed E-state index contributed by atoms with van der Waals surface area (Å²) in [6.07, 6.45) is 3.40. The molecule has 0 atom stereocenters. The molecule has 0 bridgehead atoms. The fraction of sp³-hybridized carbons (Fsp3) is 0.345. The Morgan fingerprint density at radius 1 is 1.00 bits per heavy atom. The Hall–Kier alpha value is -3.48. The zero-order chi connectivity index (χ0) is 30.1. The minimum Gasteiger partial charge on any atom is -0.454 e. The van der Waals surface area contributed by atoms with Crippen LogP contribution in [0.3, 0.4) is 0 Å². The van der Waals surface area contributed by atoms with E-state index in [1.54, 1.807) is 44.6 Å². The van der Waals surface area contributed by atoms with Crippen LogP contribution >= 0.6 is 0 Å². The fourth-order valence-corrected chi connectivity index (χ4v) is 5.92. The van der Waals surface area contributed by atoms with Crippen LogP contribution in [0.1, 0.15) is 6.92 Å². The van der Waals surface area contributed by atoms with Crippen molar-refractivity contribution in [3.63, 3.8) is 0 Å². The van der Waals surface area contributed by atoms with Gasteiger partial charge in [0.1, 0.15) is 18.3 Å². The first-order valence-corrected chi connectivity index (χ1v) is 18.5. The predicted molar refractivity (Wildman–Crippen MR) is 161 cm³/mol. The van der Waals surface area contributed by atoms with Gasteiger partial charge in [-0.05, 0) is 49.4 Å². The van der Waals surface area contributed by atoms with Crippen LogP contribution in [-0.4, -0.2) is 45.0 Å². The third-order valence-electron chi connectivity index (χ3n) is 6.83. The molecule has 0 amide bonds. The second-order valence-electron chi connectivity index (χ2n) is 11.1. The average molecular weight is 604 g/mol. The topological polar surface area (TPSA) is 82.8 Å². The van der Waals surface area contributed by atoms with Crippen molar-refractivity contribution in [2.45, 2.75) is 39.3 Å². The standard InChI is InChI=1S/C29H35F2N3O5SSi/c1-7-40(36,37)33(3)21-9-11-26(39-27-10-8-20(30)16-25(27)31)23(17-21)24-18-32(2)29(35)22-12-13-34(28(22)24)19-38-14-15-41(4,5)6/h8-13,16-18H,7,14-15,19H2,1-6H3. The molecule has 0 spiro atoms. The molecule has 41 heavy (non-hydrogen) atoms. The van der Waals surface area contributed by atoms with Crippen LogP contribution in [0, 0.1) is 11.6 Å². The van der Waals surface area contributed by atoms with Crippen LogP contribution < -0.4 is 14.6 Å². The van der Waals surface area contributed by atoms with E-state index < -0.39 is 29.7 Å². The van der Waals surface area contributed by atoms with Gasteiger partial charge in [0.2, 0.25) is 10.0 Å². The molecule has 0 fully saturated rings. The Labute approximate surface area is 239 Å². The first-order valence-electron chi connectivity index (χ1n) is 13.2. The number of benzene rings is 2. The molecule has 8 nitrogen and oxygen atoms in total. The Balaban J connectivity index is 1.91. The van der Waals surface area contributed by atoms with Crippen LogP contribution in [0.2, 0.25) is 25.7 Å². The highest BCUT2D eigenvalue weighted by Crippen LogP contribution is 2.40. The van der Waals surface area contributed by atoms with E-state index in [2.05, 4.69) is 19.6 Å². The molecule has 0 radical (unpaired) electrons. The van der Waals surface area contributed by atoms with Crippen LogP contribution in [0.25, 0.3) is 22.0 Å². The van der Waals surface area contributed by atoms with Crippen molar-refractivity contribution in [1.82, 2.24) is 9.13 Å². The zero-order valence-corrected chi connectivity index (χ0v) is 25.9. The fourth-order valence-electron chi connectivity index (χ4n) is 4.34. The number of aryl methyl sites for hydroxylation is 1. The van der Waals surface area contributed by atoms with E-state index in [1.807, 2.05) is 4.57 Å². The quantitative estimate of drug-likeness (QED) is 0.151. The number of rotatable bonds is 11. The lowest BCUT2D eigenvalue weighted by molar-refractivity contribution is 0.0903. The van der Waals surface area contributed by atoms with Gasteiger partial charge in [-0.25, -0.2) is 17.2 Å². The summed E-state index contributed by atoms with van der Waals surface area (Å²) in [5.41, 5.74) is 1.64. The molecule has 0 saturated carbocycles. The summed E-state index contributed by atoms with van der Waals surface area (Å²) in [4.78, 5) is 13.1. The van der Waals surface area contributed by atoms with Crippen LogP contribution in [-0.2, 0) is 28.5 Å². The van der Waals surface area contributed by atoms with Gasteiger partial charge in [-0.2, -0.15) is 0 Å². The molecule has 220 valence electrons. The predicted octanol–water partition coefficient (Wildman–Crippen LogP) is 6.18. The molecule has 2 aromatic carbocycles. The van der Waals surface area contributed by atoms with E-state index in [4.69, 9.17) is 9.47 Å². The molecule has 0 unspecified atom stereocenters. The number of fused-ring (bicyclic) bond motifs is 1. The van der Waals surface area contributed by atoms with Crippen molar-refractivity contribution >= 4 is 34.7 Å². The number of ether oxygens (including phenoxy) is 2. The van der Waals surface area contributed by atoms with Crippen LogP contribution in [0.5, 0.6) is 11.5 Å². The number of halogens is 2. The molecular formula is C29H35F2N3O5SSi. The van der Waals surface area contributed by atoms with E-state index in [9.17, 15) is 22.0 Å². The van der Waals surface area contributed by atoms with Gasteiger partial charge in [0.15, 0.2) is 11.6 Å². The summed E-state index contributed by atoms with van der Waals surface area (Å²) < 4.78 is 69.9. The smallest absolute Gasteiger partial charge is 0.259 e. The Kier molecular flexibility index (Phi) is 8.76.